The molecule has 0 unspecified atom stereocenters. The van der Waals surface area contributed by atoms with E-state index in [9.17, 15) is 0 Å². The van der Waals surface area contributed by atoms with Gasteiger partial charge in [-0.1, -0.05) is 0 Å². The van der Waals surface area contributed by atoms with E-state index in [1.807, 2.05) is 0 Å². The fraction of sp³-hybridized carbons (Fsp3) is 0. The molecule has 0 fully saturated rings. The molecule has 16 heavy (non-hydrogen) atoms. The Balaban J connectivity index is -0.000000240. The molecule has 80 valence electrons. The summed E-state index contributed by atoms with van der Waals surface area (Å²) in [6, 6.07) is 0. The quantitative estimate of drug-likeness (QED) is 0.427. The maximum absolute atomic E-state index is 8.58. The second kappa shape index (κ2) is 6.29. The van der Waals surface area contributed by atoms with Gasteiger partial charge >= 0.3 is 136 Å². The van der Waals surface area contributed by atoms with E-state index < -0.39 is 10.7 Å². The van der Waals surface area contributed by atoms with Crippen LogP contribution in [-0.4, -0.2) is 0 Å². The van der Waals surface area contributed by atoms with Crippen molar-refractivity contribution < 1.29 is 74.4 Å². The van der Waals surface area contributed by atoms with Crippen LogP contribution in [-0.2, 0) is 44.9 Å². The Morgan fingerprint density at radius 3 is 0.688 bits per heavy atom. The molecule has 0 spiro atoms. The first-order valence-corrected chi connectivity index (χ1v) is 5.71. The predicted octanol–water partition coefficient (Wildman–Crippen LogP) is -2.90. The van der Waals surface area contributed by atoms with Crippen LogP contribution in [0.2, 0.25) is 0 Å². The topological polar surface area (TPSA) is 143 Å². The van der Waals surface area contributed by atoms with Crippen molar-refractivity contribution in [3.63, 3.8) is 0 Å². The molecule has 6 nitrogen and oxygen atoms in total. The molecule has 0 heterocycles. The zero-order chi connectivity index (χ0) is 10.7. The molecule has 0 rings (SSSR count). The minimum atomic E-state index is -6.17. The first-order chi connectivity index (χ1) is 5.97. The van der Waals surface area contributed by atoms with E-state index in [1.165, 1.54) is 0 Å². The minimum Gasteiger partial charge on any atom is 1.00 e. The standard InChI is InChI=1S/6CN.Cu.Fe.Mn.Na/c6*1-2;;;;/q;;;;;;+2;-4;+2;+1. The molecule has 0 aliphatic rings. The Kier molecular flexibility index (Phi) is 9.68. The molecule has 0 aliphatic heterocycles. The third-order valence-electron chi connectivity index (χ3n) is 1.19. The van der Waals surface area contributed by atoms with E-state index >= 15 is 0 Å². The maximum Gasteiger partial charge on any atom is 2.00 e. The fourth-order valence-corrected chi connectivity index (χ4v) is 1.09. The summed E-state index contributed by atoms with van der Waals surface area (Å²) in [5, 5.41) is 51.5. The maximum atomic E-state index is 8.58. The van der Waals surface area contributed by atoms with Crippen molar-refractivity contribution >= 4 is 0 Å². The van der Waals surface area contributed by atoms with Crippen molar-refractivity contribution in [2.45, 2.75) is 0 Å². The van der Waals surface area contributed by atoms with Gasteiger partial charge in [0.1, 0.15) is 0 Å². The van der Waals surface area contributed by atoms with Gasteiger partial charge in [0.2, 0.25) is 0 Å². The van der Waals surface area contributed by atoms with Gasteiger partial charge in [0, 0.05) is 0 Å². The number of hydrogen-bond acceptors (Lipinski definition) is 6. The summed E-state index contributed by atoms with van der Waals surface area (Å²) in [6.45, 7) is 0. The molecule has 0 saturated carbocycles. The van der Waals surface area contributed by atoms with Crippen LogP contribution in [0, 0.1) is 61.4 Å². The van der Waals surface area contributed by atoms with Gasteiger partial charge in [0.05, 0.1) is 0 Å². The van der Waals surface area contributed by atoms with Crippen LogP contribution in [0.5, 0.6) is 0 Å². The summed E-state index contributed by atoms with van der Waals surface area (Å²) < 4.78 is 0. The Hall–Kier alpha value is -0.502. The molecule has 10 heteroatoms. The molecule has 0 aromatic heterocycles. The van der Waals surface area contributed by atoms with Gasteiger partial charge in [-0.2, -0.15) is 0 Å². The number of hydrogen-bond donors (Lipinski definition) is 0. The van der Waals surface area contributed by atoms with Gasteiger partial charge in [-0.05, 0) is 0 Å². The Bertz CT molecular complexity index is 403. The van der Waals surface area contributed by atoms with Gasteiger partial charge in [0.15, 0.2) is 0 Å². The second-order valence-electron chi connectivity index (χ2n) is 1.80. The molecule has 0 saturated heterocycles. The van der Waals surface area contributed by atoms with Crippen molar-refractivity contribution in [2.24, 2.45) is 0 Å². The fourth-order valence-electron chi connectivity index (χ4n) is 0.265. The van der Waals surface area contributed by atoms with E-state index in [0.29, 0.717) is 0 Å². The summed E-state index contributed by atoms with van der Waals surface area (Å²) in [4.78, 5) is 6.19. The average Bonchev–Trinajstić information content (AvgIpc) is 2.26. The second-order valence-corrected chi connectivity index (χ2v) is 7.42. The summed E-state index contributed by atoms with van der Waals surface area (Å²) in [5.74, 6) is 0. The zero-order valence-corrected chi connectivity index (χ0v) is 12.9. The number of nitriles is 6. The molecule has 0 aromatic rings. The Morgan fingerprint density at radius 1 is 0.562 bits per heavy atom. The smallest absolute Gasteiger partial charge is 1.00 e. The van der Waals surface area contributed by atoms with Gasteiger partial charge in [0.25, 0.3) is 0 Å². The van der Waals surface area contributed by atoms with Crippen LogP contribution in [0.25, 0.3) is 0 Å². The Labute approximate surface area is 134 Å². The van der Waals surface area contributed by atoms with Gasteiger partial charge in [-0.25, -0.2) is 0 Å². The third kappa shape index (κ3) is 2.42. The van der Waals surface area contributed by atoms with E-state index in [4.69, 9.17) is 31.6 Å². The molecule has 0 N–H and O–H groups in total. The number of rotatable bonds is 0. The summed E-state index contributed by atoms with van der Waals surface area (Å²) in [5.41, 5.74) is 0. The third-order valence-corrected chi connectivity index (χ3v) is 4.89. The van der Waals surface area contributed by atoms with Crippen LogP contribution < -0.4 is 29.6 Å². The monoisotopic (exact) mass is 353 g/mol. The minimum absolute atomic E-state index is 0. The largest absolute Gasteiger partial charge is 2.00 e. The SMILES string of the molecule is N#[C][Fe-4]([C]#N)([C]#N)([C]#N)([C]#N)[C]#N.[Cu+2].[Mn+2].[Na+]. The van der Waals surface area contributed by atoms with Crippen molar-refractivity contribution in [1.82, 2.24) is 0 Å². The summed E-state index contributed by atoms with van der Waals surface area (Å²) in [6.07, 6.45) is 0. The van der Waals surface area contributed by atoms with Crippen LogP contribution in [0.15, 0.2) is 0 Å². The zero-order valence-electron chi connectivity index (χ0n) is 7.72. The van der Waals surface area contributed by atoms with Crippen LogP contribution in [0.1, 0.15) is 0 Å². The van der Waals surface area contributed by atoms with Gasteiger partial charge in [-0.3, -0.25) is 0 Å². The average molecular weight is 353 g/mol. The molecule has 0 aromatic carbocycles. The van der Waals surface area contributed by atoms with E-state index in [1.54, 1.807) is 0 Å². The number of nitrogens with zero attached hydrogens (tertiary/aromatic N) is 6. The molecule has 0 bridgehead atoms. The first kappa shape index (κ1) is 24.6. The van der Waals surface area contributed by atoms with Crippen molar-refractivity contribution in [3.8, 4) is 29.8 Å². The van der Waals surface area contributed by atoms with Crippen molar-refractivity contribution in [2.75, 3.05) is 0 Å². The summed E-state index contributed by atoms with van der Waals surface area (Å²) in [7, 11) is -6.17. The van der Waals surface area contributed by atoms with Crippen molar-refractivity contribution in [1.29, 1.82) is 31.6 Å². The summed E-state index contributed by atoms with van der Waals surface area (Å²) >= 11 is 0. The van der Waals surface area contributed by atoms with E-state index in [2.05, 4.69) is 0 Å². The van der Waals surface area contributed by atoms with Crippen molar-refractivity contribution in [3.05, 3.63) is 0 Å². The van der Waals surface area contributed by atoms with E-state index in [-0.39, 0.29) is 63.7 Å². The van der Waals surface area contributed by atoms with Crippen LogP contribution in [0.3, 0.4) is 0 Å². The molecule has 0 amide bonds. The van der Waals surface area contributed by atoms with Crippen LogP contribution in [0.4, 0.5) is 0 Å². The first-order valence-electron chi connectivity index (χ1n) is 2.40. The molecular formula is C6CuFeMnN6Na+. The molecule has 2 radical (unpaired) electrons. The van der Waals surface area contributed by atoms with Gasteiger partial charge < -0.3 is 0 Å². The molecular weight excluding hydrogens is 353 g/mol. The van der Waals surface area contributed by atoms with Crippen LogP contribution >= 0.6 is 0 Å². The molecule has 0 atom stereocenters. The predicted molar refractivity (Wildman–Crippen MR) is 33.7 cm³/mol. The van der Waals surface area contributed by atoms with Gasteiger partial charge in [-0.15, -0.1) is 0 Å². The normalized spacial score (nSPS) is 10.9. The Morgan fingerprint density at radius 2 is 0.688 bits per heavy atom. The molecule has 0 aliphatic carbocycles. The van der Waals surface area contributed by atoms with E-state index in [0.717, 1.165) is 29.8 Å².